The van der Waals surface area contributed by atoms with E-state index in [-0.39, 0.29) is 5.91 Å². The van der Waals surface area contributed by atoms with E-state index >= 15 is 0 Å². The fourth-order valence-corrected chi connectivity index (χ4v) is 1.57. The average Bonchev–Trinajstić information content (AvgIpc) is 2.44. The molecule has 1 amide bonds. The van der Waals surface area contributed by atoms with Crippen LogP contribution in [-0.2, 0) is 16.1 Å². The number of ether oxygens (including phenoxy) is 2. The van der Waals surface area contributed by atoms with Crippen molar-refractivity contribution in [1.29, 1.82) is 0 Å². The summed E-state index contributed by atoms with van der Waals surface area (Å²) in [5.41, 5.74) is 1.12. The van der Waals surface area contributed by atoms with Gasteiger partial charge in [-0.05, 0) is 24.1 Å². The quantitative estimate of drug-likeness (QED) is 0.653. The summed E-state index contributed by atoms with van der Waals surface area (Å²) in [5.74, 6) is 0.837. The summed E-state index contributed by atoms with van der Waals surface area (Å²) >= 11 is 0. The minimum Gasteiger partial charge on any atom is -0.497 e. The lowest BCUT2D eigenvalue weighted by Crippen LogP contribution is -2.34. The Morgan fingerprint density at radius 3 is 2.58 bits per heavy atom. The Bertz CT molecular complexity index is 365. The topological polar surface area (TPSA) is 59.6 Å². The van der Waals surface area contributed by atoms with E-state index in [1.54, 1.807) is 14.2 Å². The number of benzene rings is 1. The molecule has 5 nitrogen and oxygen atoms in total. The highest BCUT2D eigenvalue weighted by Crippen LogP contribution is 2.10. The molecule has 2 N–H and O–H groups in total. The minimum absolute atomic E-state index is 0.00427. The number of carbonyl (C=O) groups excluding carboxylic acids is 1. The molecule has 19 heavy (non-hydrogen) atoms. The molecule has 0 saturated heterocycles. The Kier molecular flexibility index (Phi) is 7.62. The van der Waals surface area contributed by atoms with Gasteiger partial charge in [-0.15, -0.1) is 0 Å². The van der Waals surface area contributed by atoms with Crippen LogP contribution in [0.5, 0.6) is 5.75 Å². The van der Waals surface area contributed by atoms with E-state index in [2.05, 4.69) is 10.6 Å². The minimum atomic E-state index is 0.00427. The second-order valence-electron chi connectivity index (χ2n) is 4.15. The number of carbonyl (C=O) groups is 1. The smallest absolute Gasteiger partial charge is 0.233 e. The predicted molar refractivity (Wildman–Crippen MR) is 74.2 cm³/mol. The van der Waals surface area contributed by atoms with Crippen molar-refractivity contribution < 1.29 is 14.3 Å². The van der Waals surface area contributed by atoms with Crippen LogP contribution >= 0.6 is 0 Å². The first kappa shape index (κ1) is 15.5. The molecule has 0 spiro atoms. The van der Waals surface area contributed by atoms with Gasteiger partial charge in [0, 0.05) is 26.8 Å². The number of hydrogen-bond acceptors (Lipinski definition) is 4. The fraction of sp³-hybridized carbons (Fsp3) is 0.500. The summed E-state index contributed by atoms with van der Waals surface area (Å²) in [6.07, 6.45) is 0.834. The molecule has 0 bridgehead atoms. The first-order valence-electron chi connectivity index (χ1n) is 6.35. The van der Waals surface area contributed by atoms with Crippen molar-refractivity contribution in [2.75, 3.05) is 33.9 Å². The maximum absolute atomic E-state index is 11.5. The highest BCUT2D eigenvalue weighted by molar-refractivity contribution is 5.77. The van der Waals surface area contributed by atoms with Crippen molar-refractivity contribution in [1.82, 2.24) is 10.6 Å². The van der Waals surface area contributed by atoms with E-state index in [9.17, 15) is 4.79 Å². The molecular weight excluding hydrogens is 244 g/mol. The molecule has 1 aromatic carbocycles. The maximum Gasteiger partial charge on any atom is 0.233 e. The van der Waals surface area contributed by atoms with Gasteiger partial charge in [0.1, 0.15) is 5.75 Å². The summed E-state index contributed by atoms with van der Waals surface area (Å²) in [6, 6.07) is 7.76. The van der Waals surface area contributed by atoms with Gasteiger partial charge in [-0.2, -0.15) is 0 Å². The van der Waals surface area contributed by atoms with Gasteiger partial charge in [-0.1, -0.05) is 12.1 Å². The van der Waals surface area contributed by atoms with Crippen molar-refractivity contribution in [2.24, 2.45) is 0 Å². The van der Waals surface area contributed by atoms with Crippen LogP contribution in [0.2, 0.25) is 0 Å². The molecule has 1 rings (SSSR count). The van der Waals surface area contributed by atoms with Crippen LogP contribution in [0.4, 0.5) is 0 Å². The number of nitrogens with one attached hydrogen (secondary N) is 2. The Morgan fingerprint density at radius 2 is 1.95 bits per heavy atom. The van der Waals surface area contributed by atoms with Crippen molar-refractivity contribution in [2.45, 2.75) is 13.0 Å². The largest absolute Gasteiger partial charge is 0.497 e. The van der Waals surface area contributed by atoms with E-state index in [4.69, 9.17) is 9.47 Å². The zero-order valence-corrected chi connectivity index (χ0v) is 11.6. The molecule has 0 radical (unpaired) electrons. The van der Waals surface area contributed by atoms with Gasteiger partial charge in [-0.3, -0.25) is 4.79 Å². The van der Waals surface area contributed by atoms with Crippen molar-refractivity contribution in [3.63, 3.8) is 0 Å². The lowest BCUT2D eigenvalue weighted by molar-refractivity contribution is -0.120. The van der Waals surface area contributed by atoms with Crippen molar-refractivity contribution >= 4 is 5.91 Å². The first-order valence-corrected chi connectivity index (χ1v) is 6.35. The number of hydrogen-bond donors (Lipinski definition) is 2. The maximum atomic E-state index is 11.5. The average molecular weight is 266 g/mol. The Balaban J connectivity index is 2.13. The van der Waals surface area contributed by atoms with Crippen molar-refractivity contribution in [3.8, 4) is 5.75 Å². The highest BCUT2D eigenvalue weighted by Gasteiger charge is 2.00. The Hall–Kier alpha value is -1.59. The van der Waals surface area contributed by atoms with Crippen LogP contribution in [0.1, 0.15) is 12.0 Å². The summed E-state index contributed by atoms with van der Waals surface area (Å²) < 4.78 is 9.99. The highest BCUT2D eigenvalue weighted by atomic mass is 16.5. The Morgan fingerprint density at radius 1 is 1.21 bits per heavy atom. The number of rotatable bonds is 9. The van der Waals surface area contributed by atoms with Crippen LogP contribution < -0.4 is 15.4 Å². The third-order valence-corrected chi connectivity index (χ3v) is 2.62. The van der Waals surface area contributed by atoms with Crippen molar-refractivity contribution in [3.05, 3.63) is 29.8 Å². The zero-order valence-electron chi connectivity index (χ0n) is 11.6. The SMILES string of the molecule is COCCCNC(=O)CNCc1ccc(OC)cc1. The molecule has 0 fully saturated rings. The summed E-state index contributed by atoms with van der Waals surface area (Å²) in [5, 5.41) is 5.92. The molecule has 0 aliphatic rings. The van der Waals surface area contributed by atoms with Crippen LogP contribution in [0.25, 0.3) is 0 Å². The van der Waals surface area contributed by atoms with Crippen LogP contribution in [-0.4, -0.2) is 39.8 Å². The number of methoxy groups -OCH3 is 2. The standard InChI is InChI=1S/C14H22N2O3/c1-18-9-3-8-16-14(17)11-15-10-12-4-6-13(19-2)7-5-12/h4-7,15H,3,8-11H2,1-2H3,(H,16,17). The van der Waals surface area contributed by atoms with Gasteiger partial charge in [0.15, 0.2) is 0 Å². The molecular formula is C14H22N2O3. The van der Waals surface area contributed by atoms with E-state index in [0.717, 1.165) is 17.7 Å². The third-order valence-electron chi connectivity index (χ3n) is 2.62. The second kappa shape index (κ2) is 9.35. The van der Waals surface area contributed by atoms with Crippen LogP contribution in [0.3, 0.4) is 0 Å². The Labute approximate surface area is 114 Å². The van der Waals surface area contributed by atoms with E-state index < -0.39 is 0 Å². The second-order valence-corrected chi connectivity index (χ2v) is 4.15. The molecule has 0 unspecified atom stereocenters. The normalized spacial score (nSPS) is 10.2. The summed E-state index contributed by atoms with van der Waals surface area (Å²) in [6.45, 7) is 2.30. The molecule has 0 aliphatic heterocycles. The summed E-state index contributed by atoms with van der Waals surface area (Å²) in [4.78, 5) is 11.5. The zero-order chi connectivity index (χ0) is 13.9. The monoisotopic (exact) mass is 266 g/mol. The van der Waals surface area contributed by atoms with Gasteiger partial charge < -0.3 is 20.1 Å². The lowest BCUT2D eigenvalue weighted by atomic mass is 10.2. The molecule has 1 aromatic rings. The van der Waals surface area contributed by atoms with Crippen LogP contribution in [0, 0.1) is 0 Å². The first-order chi connectivity index (χ1) is 9.26. The van der Waals surface area contributed by atoms with E-state index in [1.807, 2.05) is 24.3 Å². The molecule has 5 heteroatoms. The lowest BCUT2D eigenvalue weighted by Gasteiger charge is -2.07. The van der Waals surface area contributed by atoms with E-state index in [1.165, 1.54) is 0 Å². The molecule has 0 heterocycles. The predicted octanol–water partition coefficient (Wildman–Crippen LogP) is 0.937. The molecule has 0 aliphatic carbocycles. The number of amides is 1. The molecule has 0 atom stereocenters. The van der Waals surface area contributed by atoms with Gasteiger partial charge >= 0.3 is 0 Å². The molecule has 0 saturated carbocycles. The van der Waals surface area contributed by atoms with E-state index in [0.29, 0.717) is 26.2 Å². The molecule has 0 aromatic heterocycles. The van der Waals surface area contributed by atoms with Gasteiger partial charge in [0.2, 0.25) is 5.91 Å². The third kappa shape index (κ3) is 6.79. The van der Waals surface area contributed by atoms with Gasteiger partial charge in [0.05, 0.1) is 13.7 Å². The van der Waals surface area contributed by atoms with Gasteiger partial charge in [0.25, 0.3) is 0 Å². The van der Waals surface area contributed by atoms with Gasteiger partial charge in [-0.25, -0.2) is 0 Å². The van der Waals surface area contributed by atoms with Crippen LogP contribution in [0.15, 0.2) is 24.3 Å². The summed E-state index contributed by atoms with van der Waals surface area (Å²) in [7, 11) is 3.29. The molecule has 106 valence electrons. The fourth-order valence-electron chi connectivity index (χ4n) is 1.57.